The molecule has 1 amide bonds. The summed E-state index contributed by atoms with van der Waals surface area (Å²) < 4.78 is 1.24. The maximum Gasteiger partial charge on any atom is 0.236 e. The van der Waals surface area contributed by atoms with E-state index in [1.54, 1.807) is 11.3 Å². The first-order valence-electron chi connectivity index (χ1n) is 9.33. The third kappa shape index (κ3) is 3.65. The van der Waals surface area contributed by atoms with Gasteiger partial charge in [-0.05, 0) is 38.3 Å². The van der Waals surface area contributed by atoms with Gasteiger partial charge in [-0.15, -0.1) is 0 Å². The van der Waals surface area contributed by atoms with E-state index in [0.717, 1.165) is 56.2 Å². The predicted molar refractivity (Wildman–Crippen MR) is 103 cm³/mol. The lowest BCUT2D eigenvalue weighted by Crippen LogP contribution is -2.52. The highest BCUT2D eigenvalue weighted by molar-refractivity contribution is 7.22. The summed E-state index contributed by atoms with van der Waals surface area (Å²) >= 11 is 1.76. The molecule has 5 nitrogen and oxygen atoms in total. The SMILES string of the molecule is C[C@@H]1CCCCN1C(=O)CN1CCN(c2nc3ccccc3s2)CC1. The highest BCUT2D eigenvalue weighted by Gasteiger charge is 2.26. The zero-order chi connectivity index (χ0) is 17.2. The number of thiazole rings is 1. The Labute approximate surface area is 153 Å². The van der Waals surface area contributed by atoms with E-state index in [1.807, 2.05) is 6.07 Å². The van der Waals surface area contributed by atoms with Gasteiger partial charge in [-0.1, -0.05) is 23.5 Å². The highest BCUT2D eigenvalue weighted by Crippen LogP contribution is 2.29. The van der Waals surface area contributed by atoms with Gasteiger partial charge in [0.1, 0.15) is 0 Å². The summed E-state index contributed by atoms with van der Waals surface area (Å²) in [7, 11) is 0. The van der Waals surface area contributed by atoms with Crippen LogP contribution < -0.4 is 4.90 Å². The molecule has 6 heteroatoms. The van der Waals surface area contributed by atoms with Crippen molar-refractivity contribution in [1.82, 2.24) is 14.8 Å². The van der Waals surface area contributed by atoms with Crippen molar-refractivity contribution in [2.24, 2.45) is 0 Å². The van der Waals surface area contributed by atoms with Gasteiger partial charge in [-0.2, -0.15) is 0 Å². The molecule has 0 N–H and O–H groups in total. The zero-order valence-electron chi connectivity index (χ0n) is 14.9. The fraction of sp³-hybridized carbons (Fsp3) is 0.579. The Morgan fingerprint density at radius 2 is 1.96 bits per heavy atom. The molecule has 2 saturated heterocycles. The number of aromatic nitrogens is 1. The molecule has 25 heavy (non-hydrogen) atoms. The van der Waals surface area contributed by atoms with Crippen LogP contribution in [0.1, 0.15) is 26.2 Å². The van der Waals surface area contributed by atoms with Gasteiger partial charge >= 0.3 is 0 Å². The van der Waals surface area contributed by atoms with E-state index in [9.17, 15) is 4.79 Å². The third-order valence-corrected chi connectivity index (χ3v) is 6.50. The molecule has 2 aliphatic heterocycles. The summed E-state index contributed by atoms with van der Waals surface area (Å²) in [6.45, 7) is 7.45. The Kier molecular flexibility index (Phi) is 4.90. The van der Waals surface area contributed by atoms with E-state index < -0.39 is 0 Å². The molecule has 0 bridgehead atoms. The molecule has 2 aliphatic rings. The summed E-state index contributed by atoms with van der Waals surface area (Å²) in [5.74, 6) is 0.306. The first kappa shape index (κ1) is 16.8. The van der Waals surface area contributed by atoms with Crippen molar-refractivity contribution in [3.8, 4) is 0 Å². The fourth-order valence-electron chi connectivity index (χ4n) is 3.84. The van der Waals surface area contributed by atoms with Gasteiger partial charge in [0.2, 0.25) is 5.91 Å². The molecule has 3 heterocycles. The number of carbonyl (C=O) groups is 1. The van der Waals surface area contributed by atoms with Crippen LogP contribution in [0.15, 0.2) is 24.3 Å². The lowest BCUT2D eigenvalue weighted by Gasteiger charge is -2.38. The molecule has 0 saturated carbocycles. The summed E-state index contributed by atoms with van der Waals surface area (Å²) in [5, 5.41) is 1.11. The number of piperazine rings is 1. The molecule has 0 unspecified atom stereocenters. The van der Waals surface area contributed by atoms with Crippen LogP contribution in [0, 0.1) is 0 Å². The number of fused-ring (bicyclic) bond motifs is 1. The van der Waals surface area contributed by atoms with Crippen LogP contribution in [0.5, 0.6) is 0 Å². The molecule has 0 spiro atoms. The van der Waals surface area contributed by atoms with Gasteiger partial charge < -0.3 is 9.80 Å². The van der Waals surface area contributed by atoms with Crippen molar-refractivity contribution in [2.75, 3.05) is 44.2 Å². The van der Waals surface area contributed by atoms with Gasteiger partial charge in [-0.25, -0.2) is 4.98 Å². The number of nitrogens with zero attached hydrogens (tertiary/aromatic N) is 4. The van der Waals surface area contributed by atoms with E-state index in [4.69, 9.17) is 4.98 Å². The second-order valence-corrected chi connectivity index (χ2v) is 8.17. The lowest BCUT2D eigenvalue weighted by atomic mass is 10.0. The number of amides is 1. The average Bonchev–Trinajstić information content (AvgIpc) is 3.07. The molecule has 134 valence electrons. The topological polar surface area (TPSA) is 39.7 Å². The van der Waals surface area contributed by atoms with E-state index >= 15 is 0 Å². The van der Waals surface area contributed by atoms with Crippen molar-refractivity contribution in [3.63, 3.8) is 0 Å². The summed E-state index contributed by atoms with van der Waals surface area (Å²) in [5.41, 5.74) is 1.08. The number of rotatable bonds is 3. The van der Waals surface area contributed by atoms with Crippen LogP contribution in [0.3, 0.4) is 0 Å². The minimum absolute atomic E-state index is 0.306. The fourth-order valence-corrected chi connectivity index (χ4v) is 4.86. The number of piperidine rings is 1. The molecule has 0 radical (unpaired) electrons. The Balaban J connectivity index is 1.32. The number of carbonyl (C=O) groups excluding carboxylic acids is 1. The Morgan fingerprint density at radius 1 is 1.16 bits per heavy atom. The Bertz CT molecular complexity index is 705. The van der Waals surface area contributed by atoms with Crippen LogP contribution in [-0.2, 0) is 4.79 Å². The van der Waals surface area contributed by atoms with Crippen molar-refractivity contribution >= 4 is 32.6 Å². The van der Waals surface area contributed by atoms with E-state index in [-0.39, 0.29) is 0 Å². The molecule has 2 aromatic rings. The summed E-state index contributed by atoms with van der Waals surface area (Å²) in [4.78, 5) is 24.1. The highest BCUT2D eigenvalue weighted by atomic mass is 32.1. The predicted octanol–water partition coefficient (Wildman–Crippen LogP) is 2.82. The van der Waals surface area contributed by atoms with Gasteiger partial charge in [0, 0.05) is 38.8 Å². The average molecular weight is 359 g/mol. The second kappa shape index (κ2) is 7.30. The molecule has 1 atom stereocenters. The minimum atomic E-state index is 0.306. The smallest absolute Gasteiger partial charge is 0.236 e. The minimum Gasteiger partial charge on any atom is -0.345 e. The van der Waals surface area contributed by atoms with Crippen LogP contribution in [0.2, 0.25) is 0 Å². The van der Waals surface area contributed by atoms with Crippen LogP contribution >= 0.6 is 11.3 Å². The lowest BCUT2D eigenvalue weighted by molar-refractivity contribution is -0.135. The monoisotopic (exact) mass is 358 g/mol. The quantitative estimate of drug-likeness (QED) is 0.846. The van der Waals surface area contributed by atoms with E-state index in [2.05, 4.69) is 39.8 Å². The molecule has 1 aromatic heterocycles. The maximum absolute atomic E-state index is 12.6. The molecule has 4 rings (SSSR count). The van der Waals surface area contributed by atoms with Gasteiger partial charge in [0.15, 0.2) is 5.13 Å². The van der Waals surface area contributed by atoms with E-state index in [0.29, 0.717) is 18.5 Å². The van der Waals surface area contributed by atoms with Crippen molar-refractivity contribution in [1.29, 1.82) is 0 Å². The van der Waals surface area contributed by atoms with Crippen molar-refractivity contribution in [2.45, 2.75) is 32.2 Å². The van der Waals surface area contributed by atoms with Crippen molar-refractivity contribution in [3.05, 3.63) is 24.3 Å². The first-order valence-corrected chi connectivity index (χ1v) is 10.1. The van der Waals surface area contributed by atoms with Gasteiger partial charge in [0.05, 0.1) is 16.8 Å². The molecular formula is C19H26N4OS. The Hall–Kier alpha value is -1.66. The van der Waals surface area contributed by atoms with Crippen LogP contribution in [0.25, 0.3) is 10.2 Å². The van der Waals surface area contributed by atoms with Gasteiger partial charge in [0.25, 0.3) is 0 Å². The first-order chi connectivity index (χ1) is 12.2. The number of hydrogen-bond donors (Lipinski definition) is 0. The van der Waals surface area contributed by atoms with Gasteiger partial charge in [-0.3, -0.25) is 9.69 Å². The summed E-state index contributed by atoms with van der Waals surface area (Å²) in [6, 6.07) is 8.71. The molecule has 2 fully saturated rings. The largest absolute Gasteiger partial charge is 0.345 e. The zero-order valence-corrected chi connectivity index (χ0v) is 15.7. The number of para-hydroxylation sites is 1. The molecule has 0 aliphatic carbocycles. The van der Waals surface area contributed by atoms with E-state index in [1.165, 1.54) is 11.1 Å². The second-order valence-electron chi connectivity index (χ2n) is 7.16. The number of likely N-dealkylation sites (tertiary alicyclic amines) is 1. The number of anilines is 1. The number of hydrogen-bond acceptors (Lipinski definition) is 5. The normalized spacial score (nSPS) is 22.5. The Morgan fingerprint density at radius 3 is 2.72 bits per heavy atom. The number of benzene rings is 1. The molecular weight excluding hydrogens is 332 g/mol. The van der Waals surface area contributed by atoms with Crippen LogP contribution in [-0.4, -0.2) is 66.0 Å². The van der Waals surface area contributed by atoms with Crippen molar-refractivity contribution < 1.29 is 4.79 Å². The summed E-state index contributed by atoms with van der Waals surface area (Å²) in [6.07, 6.45) is 3.56. The standard InChI is InChI=1S/C19H26N4OS/c1-15-6-4-5-9-23(15)18(24)14-21-10-12-22(13-11-21)19-20-16-7-2-3-8-17(16)25-19/h2-3,7-8,15H,4-6,9-14H2,1H3/t15-/m1/s1. The van der Waals surface area contributed by atoms with Crippen LogP contribution in [0.4, 0.5) is 5.13 Å². The third-order valence-electron chi connectivity index (χ3n) is 5.41. The maximum atomic E-state index is 12.6. The molecule has 1 aromatic carbocycles.